The number of nitriles is 1. The molecule has 21 heavy (non-hydrogen) atoms. The lowest BCUT2D eigenvalue weighted by molar-refractivity contribution is -0.122. The fourth-order valence-electron chi connectivity index (χ4n) is 1.70. The molecule has 1 unspecified atom stereocenters. The Morgan fingerprint density at radius 2 is 2.05 bits per heavy atom. The average molecular weight is 306 g/mol. The molecule has 0 aromatic heterocycles. The van der Waals surface area contributed by atoms with Crippen molar-refractivity contribution in [1.82, 2.24) is 16.0 Å². The van der Waals surface area contributed by atoms with Crippen molar-refractivity contribution in [2.45, 2.75) is 19.4 Å². The lowest BCUT2D eigenvalue weighted by Gasteiger charge is -2.19. The van der Waals surface area contributed by atoms with E-state index in [-0.39, 0.29) is 18.2 Å². The predicted octanol–water partition coefficient (Wildman–Crippen LogP) is 0.427. The summed E-state index contributed by atoms with van der Waals surface area (Å²) in [5.74, 6) is -0.134. The second-order valence-corrected chi connectivity index (χ2v) is 4.71. The molecule has 4 N–H and O–H groups in total. The van der Waals surface area contributed by atoms with E-state index in [0.717, 1.165) is 5.56 Å². The third-order valence-corrected chi connectivity index (χ3v) is 2.94. The Morgan fingerprint density at radius 3 is 2.62 bits per heavy atom. The number of rotatable bonds is 6. The van der Waals surface area contributed by atoms with Crippen molar-refractivity contribution in [2.75, 3.05) is 13.1 Å². The van der Waals surface area contributed by atoms with Crippen LogP contribution in [0.5, 0.6) is 5.75 Å². The normalized spacial score (nSPS) is 11.0. The Labute approximate surface area is 129 Å². The Hall–Kier alpha value is -2.33. The number of aromatic hydroxyl groups is 1. The molecule has 1 aromatic carbocycles. The first kappa shape index (κ1) is 16.7. The van der Waals surface area contributed by atoms with Gasteiger partial charge in [-0.25, -0.2) is 0 Å². The molecule has 1 amide bonds. The quantitative estimate of drug-likeness (QED) is 0.449. The number of nitrogens with zero attached hydrogens (tertiary/aromatic N) is 1. The van der Waals surface area contributed by atoms with Crippen LogP contribution in [0.2, 0.25) is 0 Å². The summed E-state index contributed by atoms with van der Waals surface area (Å²) in [4.78, 5) is 12.1. The van der Waals surface area contributed by atoms with Gasteiger partial charge < -0.3 is 21.1 Å². The fraction of sp³-hybridized carbons (Fsp3) is 0.357. The molecule has 0 bridgehead atoms. The maximum atomic E-state index is 12.1. The van der Waals surface area contributed by atoms with Crippen LogP contribution in [0, 0.1) is 11.3 Å². The van der Waals surface area contributed by atoms with E-state index in [2.05, 4.69) is 16.0 Å². The number of phenolic OH excluding ortho intramolecular Hbond substituents is 1. The molecule has 0 aliphatic heterocycles. The van der Waals surface area contributed by atoms with Crippen LogP contribution in [0.1, 0.15) is 12.5 Å². The van der Waals surface area contributed by atoms with Crippen molar-refractivity contribution in [3.05, 3.63) is 29.8 Å². The first-order valence-corrected chi connectivity index (χ1v) is 6.94. The van der Waals surface area contributed by atoms with Gasteiger partial charge in [-0.1, -0.05) is 12.1 Å². The zero-order valence-electron chi connectivity index (χ0n) is 11.7. The summed E-state index contributed by atoms with van der Waals surface area (Å²) < 4.78 is 0. The summed E-state index contributed by atoms with van der Waals surface area (Å²) in [5, 5.41) is 26.5. The molecular weight excluding hydrogens is 288 g/mol. The SMILES string of the molecule is CCNC(=S)NC(Cc1ccc(O)cc1)C(=O)NCC#N. The van der Waals surface area contributed by atoms with Crippen molar-refractivity contribution >= 4 is 23.2 Å². The highest BCUT2D eigenvalue weighted by Gasteiger charge is 2.19. The van der Waals surface area contributed by atoms with Gasteiger partial charge >= 0.3 is 0 Å². The number of benzene rings is 1. The van der Waals surface area contributed by atoms with E-state index >= 15 is 0 Å². The first-order valence-electron chi connectivity index (χ1n) is 6.53. The Morgan fingerprint density at radius 1 is 1.38 bits per heavy atom. The molecule has 0 fully saturated rings. The molecule has 6 nitrogen and oxygen atoms in total. The van der Waals surface area contributed by atoms with Gasteiger partial charge in [-0.05, 0) is 36.8 Å². The zero-order chi connectivity index (χ0) is 15.7. The Kier molecular flexibility index (Phi) is 6.98. The number of carbonyl (C=O) groups excluding carboxylic acids is 1. The van der Waals surface area contributed by atoms with Crippen LogP contribution >= 0.6 is 12.2 Å². The zero-order valence-corrected chi connectivity index (χ0v) is 12.5. The van der Waals surface area contributed by atoms with Gasteiger partial charge in [-0.15, -0.1) is 0 Å². The molecule has 0 heterocycles. The number of amides is 1. The van der Waals surface area contributed by atoms with Gasteiger partial charge in [-0.2, -0.15) is 5.26 Å². The van der Waals surface area contributed by atoms with Gasteiger partial charge in [0.1, 0.15) is 18.3 Å². The third kappa shape index (κ3) is 6.10. The topological polar surface area (TPSA) is 97.2 Å². The predicted molar refractivity (Wildman–Crippen MR) is 83.6 cm³/mol. The summed E-state index contributed by atoms with van der Waals surface area (Å²) in [6.45, 7) is 2.50. The number of hydrogen-bond donors (Lipinski definition) is 4. The van der Waals surface area contributed by atoms with E-state index in [4.69, 9.17) is 17.5 Å². The minimum absolute atomic E-state index is 0.0550. The van der Waals surface area contributed by atoms with E-state index in [1.165, 1.54) is 0 Å². The molecule has 1 aromatic rings. The van der Waals surface area contributed by atoms with Gasteiger partial charge in [-0.3, -0.25) is 4.79 Å². The number of phenols is 1. The summed E-state index contributed by atoms with van der Waals surface area (Å²) in [7, 11) is 0. The molecular formula is C14H18N4O2S. The minimum Gasteiger partial charge on any atom is -0.508 e. The smallest absolute Gasteiger partial charge is 0.243 e. The second kappa shape index (κ2) is 8.76. The molecule has 0 spiro atoms. The van der Waals surface area contributed by atoms with Gasteiger partial charge in [0.25, 0.3) is 0 Å². The molecule has 1 atom stereocenters. The molecule has 112 valence electrons. The molecule has 1 rings (SSSR count). The number of thiocarbonyl (C=S) groups is 1. The number of hydrogen-bond acceptors (Lipinski definition) is 4. The largest absolute Gasteiger partial charge is 0.508 e. The van der Waals surface area contributed by atoms with Gasteiger partial charge in [0, 0.05) is 13.0 Å². The monoisotopic (exact) mass is 306 g/mol. The summed E-state index contributed by atoms with van der Waals surface area (Å²) >= 11 is 5.09. The summed E-state index contributed by atoms with van der Waals surface area (Å²) in [6, 6.07) is 7.86. The average Bonchev–Trinajstić information content (AvgIpc) is 2.46. The van der Waals surface area contributed by atoms with E-state index < -0.39 is 6.04 Å². The second-order valence-electron chi connectivity index (χ2n) is 4.30. The minimum atomic E-state index is -0.588. The molecule has 7 heteroatoms. The van der Waals surface area contributed by atoms with Crippen molar-refractivity contribution in [3.8, 4) is 11.8 Å². The molecule has 0 saturated carbocycles. The van der Waals surface area contributed by atoms with Crippen molar-refractivity contribution in [2.24, 2.45) is 0 Å². The molecule has 0 saturated heterocycles. The van der Waals surface area contributed by atoms with Gasteiger partial charge in [0.2, 0.25) is 5.91 Å². The van der Waals surface area contributed by atoms with E-state index in [9.17, 15) is 9.90 Å². The van der Waals surface area contributed by atoms with Crippen LogP contribution in [0.3, 0.4) is 0 Å². The number of nitrogens with one attached hydrogen (secondary N) is 3. The highest BCUT2D eigenvalue weighted by Crippen LogP contribution is 2.11. The summed E-state index contributed by atoms with van der Waals surface area (Å²) in [5.41, 5.74) is 0.872. The third-order valence-electron chi connectivity index (χ3n) is 2.68. The van der Waals surface area contributed by atoms with Crippen LogP contribution in [-0.2, 0) is 11.2 Å². The standard InChI is InChI=1S/C14H18N4O2S/c1-2-16-14(21)18-12(13(20)17-8-7-15)9-10-3-5-11(19)6-4-10/h3-6,12,19H,2,8-9H2,1H3,(H,17,20)(H2,16,18,21). The highest BCUT2D eigenvalue weighted by atomic mass is 32.1. The summed E-state index contributed by atoms with van der Waals surface area (Å²) in [6.07, 6.45) is 0.392. The molecule has 0 aliphatic carbocycles. The van der Waals surface area contributed by atoms with Gasteiger partial charge in [0.15, 0.2) is 5.11 Å². The first-order chi connectivity index (χ1) is 10.1. The maximum Gasteiger partial charge on any atom is 0.243 e. The Bertz CT molecular complexity index is 525. The maximum absolute atomic E-state index is 12.1. The van der Waals surface area contributed by atoms with Crippen LogP contribution < -0.4 is 16.0 Å². The van der Waals surface area contributed by atoms with Gasteiger partial charge in [0.05, 0.1) is 6.07 Å². The van der Waals surface area contributed by atoms with Crippen LogP contribution in [0.4, 0.5) is 0 Å². The number of carbonyl (C=O) groups is 1. The van der Waals surface area contributed by atoms with Crippen LogP contribution in [0.15, 0.2) is 24.3 Å². The lowest BCUT2D eigenvalue weighted by atomic mass is 10.1. The van der Waals surface area contributed by atoms with E-state index in [1.54, 1.807) is 24.3 Å². The van der Waals surface area contributed by atoms with Crippen molar-refractivity contribution in [1.29, 1.82) is 5.26 Å². The fourth-order valence-corrected chi connectivity index (χ4v) is 1.98. The lowest BCUT2D eigenvalue weighted by Crippen LogP contribution is -2.51. The van der Waals surface area contributed by atoms with E-state index in [1.807, 2.05) is 13.0 Å². The molecule has 0 radical (unpaired) electrons. The van der Waals surface area contributed by atoms with Crippen LogP contribution in [0.25, 0.3) is 0 Å². The van der Waals surface area contributed by atoms with E-state index in [0.29, 0.717) is 18.1 Å². The van der Waals surface area contributed by atoms with Crippen molar-refractivity contribution < 1.29 is 9.90 Å². The van der Waals surface area contributed by atoms with Crippen molar-refractivity contribution in [3.63, 3.8) is 0 Å². The Balaban J connectivity index is 2.75. The highest BCUT2D eigenvalue weighted by molar-refractivity contribution is 7.80. The van der Waals surface area contributed by atoms with Crippen LogP contribution in [-0.4, -0.2) is 35.3 Å². The molecule has 0 aliphatic rings.